The van der Waals surface area contributed by atoms with Crippen LogP contribution in [0.25, 0.3) is 0 Å². The minimum Gasteiger partial charge on any atom is -0.480 e. The molecule has 0 unspecified atom stereocenters. The lowest BCUT2D eigenvalue weighted by atomic mass is 10.0. The summed E-state index contributed by atoms with van der Waals surface area (Å²) in [6.45, 7) is 0. The van der Waals surface area contributed by atoms with E-state index in [0.29, 0.717) is 5.56 Å². The van der Waals surface area contributed by atoms with Crippen molar-refractivity contribution in [2.24, 2.45) is 0 Å². The average molecular weight is 334 g/mol. The second-order valence-corrected chi connectivity index (χ2v) is 5.50. The van der Waals surface area contributed by atoms with Gasteiger partial charge in [0, 0.05) is 6.07 Å². The fraction of sp³-hybridized carbons (Fsp3) is 0.133. The van der Waals surface area contributed by atoms with Gasteiger partial charge in [-0.1, -0.05) is 42.5 Å². The van der Waals surface area contributed by atoms with Crippen LogP contribution in [0.15, 0.2) is 59.5 Å². The molecule has 2 rings (SSSR count). The van der Waals surface area contributed by atoms with Crippen molar-refractivity contribution in [3.8, 4) is 0 Å². The summed E-state index contributed by atoms with van der Waals surface area (Å²) >= 11 is 0.802. The van der Waals surface area contributed by atoms with E-state index in [1.807, 2.05) is 0 Å². The van der Waals surface area contributed by atoms with E-state index in [-0.39, 0.29) is 10.6 Å². The predicted octanol–water partition coefficient (Wildman–Crippen LogP) is 2.38. The molecule has 0 radical (unpaired) electrons. The number of nitrogens with one attached hydrogen (secondary N) is 1. The second kappa shape index (κ2) is 7.73. The van der Waals surface area contributed by atoms with Crippen LogP contribution in [0.1, 0.15) is 11.7 Å². The first kappa shape index (κ1) is 16.9. The fourth-order valence-corrected chi connectivity index (χ4v) is 2.79. The molecule has 2 aromatic rings. The van der Waals surface area contributed by atoms with Gasteiger partial charge in [-0.05, 0) is 23.6 Å². The fourth-order valence-electron chi connectivity index (χ4n) is 1.91. The molecular weight excluding hydrogens is 320 g/mol. The monoisotopic (exact) mass is 334 g/mol. The van der Waals surface area contributed by atoms with Crippen LogP contribution in [0, 0.1) is 10.1 Å². The number of nitrogens with zero attached hydrogens (tertiary/aromatic N) is 1. The Hall–Kier alpha value is -2.42. The highest BCUT2D eigenvalue weighted by atomic mass is 32.2. The molecule has 3 N–H and O–H groups in total. The van der Waals surface area contributed by atoms with Gasteiger partial charge in [0.05, 0.1) is 4.92 Å². The number of rotatable bonds is 7. The van der Waals surface area contributed by atoms with Crippen LogP contribution in [0.4, 0.5) is 5.69 Å². The molecule has 0 spiro atoms. The lowest BCUT2D eigenvalue weighted by Gasteiger charge is -2.20. The van der Waals surface area contributed by atoms with Crippen molar-refractivity contribution < 1.29 is 19.9 Å². The first-order valence-electron chi connectivity index (χ1n) is 6.62. The van der Waals surface area contributed by atoms with Crippen LogP contribution in [0.2, 0.25) is 0 Å². The Morgan fingerprint density at radius 2 is 1.74 bits per heavy atom. The van der Waals surface area contributed by atoms with Gasteiger partial charge in [-0.15, -0.1) is 0 Å². The Morgan fingerprint density at radius 1 is 1.13 bits per heavy atom. The number of carboxylic acids is 1. The molecule has 0 fully saturated rings. The summed E-state index contributed by atoms with van der Waals surface area (Å²) in [5, 5.41) is 30.5. The van der Waals surface area contributed by atoms with Crippen LogP contribution in [0.5, 0.6) is 0 Å². The lowest BCUT2D eigenvalue weighted by Crippen LogP contribution is -2.38. The van der Waals surface area contributed by atoms with Crippen molar-refractivity contribution >= 4 is 23.6 Å². The minimum absolute atomic E-state index is 0.136. The van der Waals surface area contributed by atoms with Crippen LogP contribution in [0.3, 0.4) is 0 Å². The van der Waals surface area contributed by atoms with E-state index in [4.69, 9.17) is 0 Å². The molecule has 0 bridgehead atoms. The summed E-state index contributed by atoms with van der Waals surface area (Å²) in [4.78, 5) is 22.1. The van der Waals surface area contributed by atoms with Crippen LogP contribution in [-0.2, 0) is 4.79 Å². The largest absolute Gasteiger partial charge is 0.480 e. The third-order valence-corrected chi connectivity index (χ3v) is 4.02. The molecule has 0 saturated heterocycles. The van der Waals surface area contributed by atoms with Gasteiger partial charge in [0.25, 0.3) is 5.69 Å². The smallest absolute Gasteiger partial charge is 0.324 e. The minimum atomic E-state index is -1.32. The highest BCUT2D eigenvalue weighted by Gasteiger charge is 2.28. The van der Waals surface area contributed by atoms with Crippen LogP contribution in [-0.4, -0.2) is 27.1 Å². The van der Waals surface area contributed by atoms with Crippen molar-refractivity contribution in [1.29, 1.82) is 0 Å². The molecule has 0 aromatic heterocycles. The first-order chi connectivity index (χ1) is 11.0. The molecule has 2 atom stereocenters. The van der Waals surface area contributed by atoms with E-state index < -0.39 is 23.0 Å². The van der Waals surface area contributed by atoms with E-state index in [9.17, 15) is 25.1 Å². The topological polar surface area (TPSA) is 113 Å². The van der Waals surface area contributed by atoms with Crippen molar-refractivity contribution in [3.63, 3.8) is 0 Å². The zero-order chi connectivity index (χ0) is 16.8. The molecule has 120 valence electrons. The summed E-state index contributed by atoms with van der Waals surface area (Å²) in [5.41, 5.74) is 0.305. The highest BCUT2D eigenvalue weighted by Crippen LogP contribution is 2.28. The van der Waals surface area contributed by atoms with E-state index in [2.05, 4.69) is 4.72 Å². The van der Waals surface area contributed by atoms with Gasteiger partial charge in [-0.3, -0.25) is 14.9 Å². The highest BCUT2D eigenvalue weighted by molar-refractivity contribution is 7.97. The molecule has 2 aromatic carbocycles. The van der Waals surface area contributed by atoms with Crippen molar-refractivity contribution in [1.82, 2.24) is 4.72 Å². The van der Waals surface area contributed by atoms with E-state index >= 15 is 0 Å². The maximum atomic E-state index is 11.4. The van der Waals surface area contributed by atoms with Gasteiger partial charge in [0.15, 0.2) is 0 Å². The zero-order valence-corrected chi connectivity index (χ0v) is 12.6. The molecule has 0 heterocycles. The van der Waals surface area contributed by atoms with E-state index in [0.717, 1.165) is 11.9 Å². The summed E-state index contributed by atoms with van der Waals surface area (Å²) < 4.78 is 2.59. The normalized spacial score (nSPS) is 13.3. The molecule has 7 nitrogen and oxygen atoms in total. The Balaban J connectivity index is 2.15. The maximum Gasteiger partial charge on any atom is 0.324 e. The lowest BCUT2D eigenvalue weighted by molar-refractivity contribution is -0.387. The van der Waals surface area contributed by atoms with Crippen LogP contribution < -0.4 is 4.72 Å². The Bertz CT molecular complexity index is 695. The molecule has 0 saturated carbocycles. The van der Waals surface area contributed by atoms with Crippen molar-refractivity contribution in [2.45, 2.75) is 17.0 Å². The number of nitro groups is 1. The first-order valence-corrected chi connectivity index (χ1v) is 7.44. The van der Waals surface area contributed by atoms with Gasteiger partial charge in [0.2, 0.25) is 0 Å². The third kappa shape index (κ3) is 4.28. The molecule has 0 aliphatic rings. The predicted molar refractivity (Wildman–Crippen MR) is 84.9 cm³/mol. The number of carbonyl (C=O) groups is 1. The molecule has 8 heteroatoms. The summed E-state index contributed by atoms with van der Waals surface area (Å²) in [7, 11) is 0. The maximum absolute atomic E-state index is 11.4. The van der Waals surface area contributed by atoms with Gasteiger partial charge in [-0.25, -0.2) is 4.72 Å². The number of carboxylic acid groups (broad SMARTS) is 1. The van der Waals surface area contributed by atoms with Crippen LogP contribution >= 0.6 is 11.9 Å². The SMILES string of the molecule is O=C(O)[C@H](NSc1ccccc1[N+](=O)[O-])[C@H](O)c1ccccc1. The number of aliphatic carboxylic acids is 1. The Labute approximate surface area is 136 Å². The van der Waals surface area contributed by atoms with E-state index in [1.54, 1.807) is 36.4 Å². The standard InChI is InChI=1S/C15H14N2O5S/c18-14(10-6-2-1-3-7-10)13(15(19)20)16-23-12-9-5-4-8-11(12)17(21)22/h1-9,13-14,16,18H,(H,19,20)/t13-,14-/m1/s1. The zero-order valence-electron chi connectivity index (χ0n) is 11.8. The van der Waals surface area contributed by atoms with E-state index in [1.165, 1.54) is 18.2 Å². The molecule has 0 aliphatic heterocycles. The summed E-state index contributed by atoms with van der Waals surface area (Å²) in [6.07, 6.45) is -1.29. The van der Waals surface area contributed by atoms with Crippen molar-refractivity contribution in [3.05, 3.63) is 70.3 Å². The van der Waals surface area contributed by atoms with Gasteiger partial charge in [0.1, 0.15) is 17.0 Å². The second-order valence-electron chi connectivity index (χ2n) is 4.62. The number of benzene rings is 2. The molecule has 0 amide bonds. The number of nitro benzene ring substituents is 1. The third-order valence-electron chi connectivity index (χ3n) is 3.08. The van der Waals surface area contributed by atoms with Gasteiger partial charge >= 0.3 is 5.97 Å². The number of aliphatic hydroxyl groups excluding tert-OH is 1. The molecule has 23 heavy (non-hydrogen) atoms. The Morgan fingerprint density at radius 3 is 2.35 bits per heavy atom. The van der Waals surface area contributed by atoms with Gasteiger partial charge < -0.3 is 10.2 Å². The molecule has 0 aliphatic carbocycles. The number of para-hydroxylation sites is 1. The Kier molecular flexibility index (Phi) is 5.69. The number of hydrogen-bond acceptors (Lipinski definition) is 6. The summed E-state index contributed by atoms with van der Waals surface area (Å²) in [5.74, 6) is -1.26. The number of aliphatic hydroxyl groups is 1. The van der Waals surface area contributed by atoms with Gasteiger partial charge in [-0.2, -0.15) is 0 Å². The average Bonchev–Trinajstić information content (AvgIpc) is 2.55. The quantitative estimate of drug-likeness (QED) is 0.405. The van der Waals surface area contributed by atoms with Crippen molar-refractivity contribution in [2.75, 3.05) is 0 Å². The molecular formula is C15H14N2O5S. The summed E-state index contributed by atoms with van der Waals surface area (Å²) in [6, 6.07) is 13.0. The number of hydrogen-bond donors (Lipinski definition) is 3.